The number of amides is 1. The van der Waals surface area contributed by atoms with E-state index in [2.05, 4.69) is 5.32 Å². The molecule has 2 rings (SSSR count). The molecule has 1 heterocycles. The Morgan fingerprint density at radius 2 is 1.96 bits per heavy atom. The zero-order valence-corrected chi connectivity index (χ0v) is 14.8. The lowest BCUT2D eigenvalue weighted by atomic mass is 9.97. The molecule has 0 aliphatic carbocycles. The van der Waals surface area contributed by atoms with Gasteiger partial charge in [-0.05, 0) is 25.3 Å². The Morgan fingerprint density at radius 1 is 1.30 bits per heavy atom. The number of hydrogen-bond acceptors (Lipinski definition) is 3. The molecule has 0 radical (unpaired) electrons. The van der Waals surface area contributed by atoms with Crippen molar-refractivity contribution in [1.82, 2.24) is 13.9 Å². The average molecular weight is 339 g/mol. The SMILES string of the molecule is Cc1cccc(CNC(=O)C2CCN(S(=O)(=O)N(C)C)CC2)c1. The highest BCUT2D eigenvalue weighted by molar-refractivity contribution is 7.86. The molecule has 0 saturated carbocycles. The van der Waals surface area contributed by atoms with Crippen molar-refractivity contribution in [2.24, 2.45) is 5.92 Å². The highest BCUT2D eigenvalue weighted by atomic mass is 32.2. The molecular weight excluding hydrogens is 314 g/mol. The van der Waals surface area contributed by atoms with Crippen LogP contribution in [0.1, 0.15) is 24.0 Å². The second kappa shape index (κ2) is 7.42. The third kappa shape index (κ3) is 4.53. The van der Waals surface area contributed by atoms with Gasteiger partial charge in [-0.2, -0.15) is 17.0 Å². The van der Waals surface area contributed by atoms with Crippen molar-refractivity contribution in [2.75, 3.05) is 27.2 Å². The molecule has 1 aliphatic rings. The highest BCUT2D eigenvalue weighted by Gasteiger charge is 2.32. The first-order chi connectivity index (χ1) is 10.8. The van der Waals surface area contributed by atoms with E-state index < -0.39 is 10.2 Å². The summed E-state index contributed by atoms with van der Waals surface area (Å²) >= 11 is 0. The van der Waals surface area contributed by atoms with Gasteiger partial charge in [0, 0.05) is 39.6 Å². The number of benzene rings is 1. The minimum absolute atomic E-state index is 0.00778. The maximum Gasteiger partial charge on any atom is 0.281 e. The van der Waals surface area contributed by atoms with Gasteiger partial charge >= 0.3 is 0 Å². The summed E-state index contributed by atoms with van der Waals surface area (Å²) in [7, 11) is -0.327. The first-order valence-corrected chi connectivity index (χ1v) is 9.21. The van der Waals surface area contributed by atoms with Gasteiger partial charge in [-0.3, -0.25) is 4.79 Å². The molecule has 1 amide bonds. The molecular formula is C16H25N3O3S. The lowest BCUT2D eigenvalue weighted by molar-refractivity contribution is -0.126. The van der Waals surface area contributed by atoms with Crippen molar-refractivity contribution in [2.45, 2.75) is 26.3 Å². The zero-order valence-electron chi connectivity index (χ0n) is 13.9. The van der Waals surface area contributed by atoms with Crippen LogP contribution < -0.4 is 5.32 Å². The van der Waals surface area contributed by atoms with Crippen LogP contribution in [-0.2, 0) is 21.5 Å². The van der Waals surface area contributed by atoms with Gasteiger partial charge in [0.1, 0.15) is 0 Å². The van der Waals surface area contributed by atoms with E-state index in [1.54, 1.807) is 0 Å². The van der Waals surface area contributed by atoms with Gasteiger partial charge < -0.3 is 5.32 Å². The summed E-state index contributed by atoms with van der Waals surface area (Å²) in [5.41, 5.74) is 2.24. The Balaban J connectivity index is 1.84. The molecule has 1 N–H and O–H groups in total. The van der Waals surface area contributed by atoms with Gasteiger partial charge in [-0.15, -0.1) is 0 Å². The second-order valence-corrected chi connectivity index (χ2v) is 8.31. The molecule has 1 fully saturated rings. The van der Waals surface area contributed by atoms with E-state index in [4.69, 9.17) is 0 Å². The van der Waals surface area contributed by atoms with Crippen LogP contribution in [0.3, 0.4) is 0 Å². The number of carbonyl (C=O) groups excluding carboxylic acids is 1. The van der Waals surface area contributed by atoms with Crippen molar-refractivity contribution in [3.8, 4) is 0 Å². The van der Waals surface area contributed by atoms with Crippen molar-refractivity contribution in [3.05, 3.63) is 35.4 Å². The summed E-state index contributed by atoms with van der Waals surface area (Å²) in [5, 5.41) is 2.95. The summed E-state index contributed by atoms with van der Waals surface area (Å²) in [5.74, 6) is -0.109. The summed E-state index contributed by atoms with van der Waals surface area (Å²) in [6.07, 6.45) is 1.12. The Bertz CT molecular complexity index is 650. The average Bonchev–Trinajstić information content (AvgIpc) is 2.52. The van der Waals surface area contributed by atoms with Crippen molar-refractivity contribution < 1.29 is 13.2 Å². The molecule has 0 bridgehead atoms. The van der Waals surface area contributed by atoms with Gasteiger partial charge in [0.25, 0.3) is 10.2 Å². The quantitative estimate of drug-likeness (QED) is 0.874. The number of rotatable bonds is 5. The van der Waals surface area contributed by atoms with Gasteiger partial charge in [-0.25, -0.2) is 0 Å². The number of nitrogens with zero attached hydrogens (tertiary/aromatic N) is 2. The van der Waals surface area contributed by atoms with Crippen LogP contribution in [0.15, 0.2) is 24.3 Å². The van der Waals surface area contributed by atoms with E-state index in [-0.39, 0.29) is 11.8 Å². The van der Waals surface area contributed by atoms with Gasteiger partial charge in [0.2, 0.25) is 5.91 Å². The molecule has 128 valence electrons. The maximum absolute atomic E-state index is 12.3. The summed E-state index contributed by atoms with van der Waals surface area (Å²) in [6, 6.07) is 8.03. The molecule has 23 heavy (non-hydrogen) atoms. The standard InChI is InChI=1S/C16H25N3O3S/c1-13-5-4-6-14(11-13)12-17-16(20)15-7-9-19(10-8-15)23(21,22)18(2)3/h4-6,11,15H,7-10,12H2,1-3H3,(H,17,20). The number of carbonyl (C=O) groups is 1. The normalized spacial score (nSPS) is 17.4. The van der Waals surface area contributed by atoms with E-state index in [1.807, 2.05) is 31.2 Å². The monoisotopic (exact) mass is 339 g/mol. The van der Waals surface area contributed by atoms with Crippen LogP contribution in [-0.4, -0.2) is 50.1 Å². The maximum atomic E-state index is 12.3. The number of nitrogens with one attached hydrogen (secondary N) is 1. The fourth-order valence-corrected chi connectivity index (χ4v) is 3.87. The number of hydrogen-bond donors (Lipinski definition) is 1. The van der Waals surface area contributed by atoms with Crippen molar-refractivity contribution in [1.29, 1.82) is 0 Å². The summed E-state index contributed by atoms with van der Waals surface area (Å²) in [4.78, 5) is 12.3. The molecule has 1 saturated heterocycles. The third-order valence-corrected chi connectivity index (χ3v) is 6.10. The van der Waals surface area contributed by atoms with E-state index >= 15 is 0 Å². The molecule has 0 spiro atoms. The third-order valence-electron chi connectivity index (χ3n) is 4.16. The Morgan fingerprint density at radius 3 is 2.52 bits per heavy atom. The number of aryl methyl sites for hydroxylation is 1. The molecule has 1 aromatic carbocycles. The minimum Gasteiger partial charge on any atom is -0.352 e. The van der Waals surface area contributed by atoms with Gasteiger partial charge in [-0.1, -0.05) is 29.8 Å². The topological polar surface area (TPSA) is 69.7 Å². The van der Waals surface area contributed by atoms with Gasteiger partial charge in [0.05, 0.1) is 0 Å². The molecule has 1 aromatic rings. The molecule has 1 aliphatic heterocycles. The van der Waals surface area contributed by atoms with E-state index in [9.17, 15) is 13.2 Å². The zero-order chi connectivity index (χ0) is 17.0. The van der Waals surface area contributed by atoms with Crippen molar-refractivity contribution >= 4 is 16.1 Å². The lowest BCUT2D eigenvalue weighted by Gasteiger charge is -2.32. The van der Waals surface area contributed by atoms with Crippen LogP contribution >= 0.6 is 0 Å². The number of piperidine rings is 1. The summed E-state index contributed by atoms with van der Waals surface area (Å²) < 4.78 is 26.8. The fourth-order valence-electron chi connectivity index (χ4n) is 2.74. The predicted molar refractivity (Wildman–Crippen MR) is 89.9 cm³/mol. The van der Waals surface area contributed by atoms with Gasteiger partial charge in [0.15, 0.2) is 0 Å². The van der Waals surface area contributed by atoms with E-state index in [0.29, 0.717) is 32.5 Å². The van der Waals surface area contributed by atoms with Crippen molar-refractivity contribution in [3.63, 3.8) is 0 Å². The van der Waals surface area contributed by atoms with Crippen LogP contribution in [0.4, 0.5) is 0 Å². The largest absolute Gasteiger partial charge is 0.352 e. The smallest absolute Gasteiger partial charge is 0.281 e. The Labute approximate surface area is 138 Å². The molecule has 0 unspecified atom stereocenters. The molecule has 6 nitrogen and oxygen atoms in total. The highest BCUT2D eigenvalue weighted by Crippen LogP contribution is 2.20. The minimum atomic E-state index is -3.37. The first kappa shape index (κ1) is 17.9. The molecule has 0 atom stereocenters. The van der Waals surface area contributed by atoms with Crippen LogP contribution in [0.5, 0.6) is 0 Å². The predicted octanol–water partition coefficient (Wildman–Crippen LogP) is 1.13. The second-order valence-electron chi connectivity index (χ2n) is 6.17. The fraction of sp³-hybridized carbons (Fsp3) is 0.562. The summed E-state index contributed by atoms with van der Waals surface area (Å²) in [6.45, 7) is 3.31. The van der Waals surface area contributed by atoms with E-state index in [0.717, 1.165) is 5.56 Å². The van der Waals surface area contributed by atoms with E-state index in [1.165, 1.54) is 28.3 Å². The van der Waals surface area contributed by atoms with Crippen LogP contribution in [0.25, 0.3) is 0 Å². The lowest BCUT2D eigenvalue weighted by Crippen LogP contribution is -2.46. The molecule has 7 heteroatoms. The van der Waals surface area contributed by atoms with Crippen LogP contribution in [0.2, 0.25) is 0 Å². The first-order valence-electron chi connectivity index (χ1n) is 7.81. The van der Waals surface area contributed by atoms with Crippen LogP contribution in [0, 0.1) is 12.8 Å². The Kier molecular flexibility index (Phi) is 5.78. The Hall–Kier alpha value is -1.44. The molecule has 0 aromatic heterocycles.